The Morgan fingerprint density at radius 1 is 1.35 bits per heavy atom. The van der Waals surface area contributed by atoms with Crippen molar-refractivity contribution in [3.05, 3.63) is 11.4 Å². The summed E-state index contributed by atoms with van der Waals surface area (Å²) in [5.74, 6) is 0.0302. The summed E-state index contributed by atoms with van der Waals surface area (Å²) in [6, 6.07) is 0. The molecule has 0 atom stereocenters. The van der Waals surface area contributed by atoms with Crippen LogP contribution < -0.4 is 5.73 Å². The van der Waals surface area contributed by atoms with Crippen molar-refractivity contribution in [2.75, 3.05) is 18.8 Å². The van der Waals surface area contributed by atoms with Crippen LogP contribution in [0.2, 0.25) is 0 Å². The van der Waals surface area contributed by atoms with Gasteiger partial charge in [0.25, 0.3) is 5.91 Å². The number of nitrogens with zero attached hydrogens (tertiary/aromatic N) is 3. The van der Waals surface area contributed by atoms with Crippen molar-refractivity contribution >= 4 is 11.6 Å². The third-order valence-electron chi connectivity index (χ3n) is 4.30. The zero-order chi connectivity index (χ0) is 14.9. The Morgan fingerprint density at radius 2 is 2.05 bits per heavy atom. The summed E-state index contributed by atoms with van der Waals surface area (Å²) in [5.41, 5.74) is 8.20. The van der Waals surface area contributed by atoms with Gasteiger partial charge >= 0.3 is 0 Å². The molecule has 1 fully saturated rings. The summed E-state index contributed by atoms with van der Waals surface area (Å²) in [4.78, 5) is 14.7. The molecule has 1 amide bonds. The highest BCUT2D eigenvalue weighted by atomic mass is 16.2. The lowest BCUT2D eigenvalue weighted by molar-refractivity contribution is 0.0746. The van der Waals surface area contributed by atoms with E-state index >= 15 is 0 Å². The van der Waals surface area contributed by atoms with Crippen LogP contribution in [0.1, 0.15) is 56.2 Å². The lowest BCUT2D eigenvalue weighted by atomic mass is 9.85. The van der Waals surface area contributed by atoms with Crippen LogP contribution in [0.4, 0.5) is 5.69 Å². The van der Waals surface area contributed by atoms with E-state index in [1.807, 2.05) is 18.7 Å². The minimum Gasteiger partial charge on any atom is -0.395 e. The van der Waals surface area contributed by atoms with Gasteiger partial charge < -0.3 is 10.6 Å². The van der Waals surface area contributed by atoms with Crippen molar-refractivity contribution in [3.63, 3.8) is 0 Å². The number of carbonyl (C=O) groups excluding carboxylic acids is 1. The molecule has 5 nitrogen and oxygen atoms in total. The van der Waals surface area contributed by atoms with Crippen LogP contribution in [0.15, 0.2) is 0 Å². The van der Waals surface area contributed by atoms with Crippen LogP contribution in [0.3, 0.4) is 0 Å². The van der Waals surface area contributed by atoms with Gasteiger partial charge in [-0.2, -0.15) is 5.10 Å². The Bertz CT molecular complexity index is 504. The predicted octanol–water partition coefficient (Wildman–Crippen LogP) is 2.45. The number of likely N-dealkylation sites (tertiary alicyclic amines) is 1. The van der Waals surface area contributed by atoms with Gasteiger partial charge in [0.15, 0.2) is 0 Å². The van der Waals surface area contributed by atoms with Gasteiger partial charge in [-0.05, 0) is 38.5 Å². The second-order valence-electron chi connectivity index (χ2n) is 6.47. The van der Waals surface area contributed by atoms with Gasteiger partial charge in [-0.1, -0.05) is 13.8 Å². The molecule has 1 aliphatic heterocycles. The molecular formula is C15H26N4O. The molecule has 1 saturated heterocycles. The lowest BCUT2D eigenvalue weighted by Gasteiger charge is -2.23. The number of hydrogen-bond donors (Lipinski definition) is 1. The average Bonchev–Trinajstić information content (AvgIpc) is 2.56. The van der Waals surface area contributed by atoms with Gasteiger partial charge in [0.05, 0.1) is 11.4 Å². The molecule has 1 aromatic heterocycles. The molecule has 5 heteroatoms. The van der Waals surface area contributed by atoms with Gasteiger partial charge in [0, 0.05) is 19.6 Å². The predicted molar refractivity (Wildman–Crippen MR) is 80.6 cm³/mol. The number of nitrogen functional groups attached to an aromatic ring is 1. The van der Waals surface area contributed by atoms with Gasteiger partial charge in [0.1, 0.15) is 5.69 Å². The fourth-order valence-electron chi connectivity index (χ4n) is 2.83. The van der Waals surface area contributed by atoms with E-state index < -0.39 is 0 Å². The number of amides is 1. The molecule has 0 saturated carbocycles. The Kier molecular flexibility index (Phi) is 4.06. The first-order valence-electron chi connectivity index (χ1n) is 7.48. The van der Waals surface area contributed by atoms with Crippen LogP contribution in [-0.2, 0) is 6.54 Å². The SMILES string of the molecule is CCn1nc(C)c(N)c1C(=O)N1CCCC(C)(C)CC1. The highest BCUT2D eigenvalue weighted by Crippen LogP contribution is 2.30. The summed E-state index contributed by atoms with van der Waals surface area (Å²) in [6.07, 6.45) is 3.26. The molecule has 0 spiro atoms. The maximum atomic E-state index is 12.8. The summed E-state index contributed by atoms with van der Waals surface area (Å²) < 4.78 is 1.73. The lowest BCUT2D eigenvalue weighted by Crippen LogP contribution is -2.34. The fourth-order valence-corrected chi connectivity index (χ4v) is 2.83. The number of rotatable bonds is 2. The maximum absolute atomic E-state index is 12.8. The molecule has 2 rings (SSSR count). The normalized spacial score (nSPS) is 18.9. The Balaban J connectivity index is 2.23. The van der Waals surface area contributed by atoms with Crippen molar-refractivity contribution < 1.29 is 4.79 Å². The number of nitrogens with two attached hydrogens (primary N) is 1. The molecule has 1 aromatic rings. The molecule has 0 aliphatic carbocycles. The first-order valence-corrected chi connectivity index (χ1v) is 7.48. The zero-order valence-electron chi connectivity index (χ0n) is 13.1. The average molecular weight is 278 g/mol. The van der Waals surface area contributed by atoms with E-state index in [2.05, 4.69) is 18.9 Å². The number of carbonyl (C=O) groups is 1. The van der Waals surface area contributed by atoms with Crippen LogP contribution in [0, 0.1) is 12.3 Å². The third kappa shape index (κ3) is 2.81. The monoisotopic (exact) mass is 278 g/mol. The molecule has 1 aliphatic rings. The fraction of sp³-hybridized carbons (Fsp3) is 0.733. The second-order valence-corrected chi connectivity index (χ2v) is 6.47. The first-order chi connectivity index (χ1) is 9.35. The van der Waals surface area contributed by atoms with E-state index in [0.717, 1.165) is 31.6 Å². The minimum atomic E-state index is 0.0302. The van der Waals surface area contributed by atoms with Crippen LogP contribution in [0.5, 0.6) is 0 Å². The molecule has 0 bridgehead atoms. The van der Waals surface area contributed by atoms with E-state index in [1.54, 1.807) is 4.68 Å². The number of anilines is 1. The van der Waals surface area contributed by atoms with E-state index in [9.17, 15) is 4.79 Å². The van der Waals surface area contributed by atoms with Crippen LogP contribution in [0.25, 0.3) is 0 Å². The Hall–Kier alpha value is -1.52. The molecule has 112 valence electrons. The van der Waals surface area contributed by atoms with Crippen molar-refractivity contribution in [2.24, 2.45) is 5.41 Å². The smallest absolute Gasteiger partial charge is 0.274 e. The van der Waals surface area contributed by atoms with E-state index in [1.165, 1.54) is 6.42 Å². The summed E-state index contributed by atoms with van der Waals surface area (Å²) in [5, 5.41) is 4.34. The van der Waals surface area contributed by atoms with Crippen molar-refractivity contribution in [1.82, 2.24) is 14.7 Å². The van der Waals surface area contributed by atoms with Crippen LogP contribution in [-0.4, -0.2) is 33.7 Å². The van der Waals surface area contributed by atoms with E-state index in [0.29, 0.717) is 23.3 Å². The van der Waals surface area contributed by atoms with E-state index in [4.69, 9.17) is 5.73 Å². The molecule has 2 heterocycles. The van der Waals surface area contributed by atoms with Crippen molar-refractivity contribution in [3.8, 4) is 0 Å². The zero-order valence-corrected chi connectivity index (χ0v) is 13.1. The summed E-state index contributed by atoms with van der Waals surface area (Å²) in [7, 11) is 0. The number of aryl methyl sites for hydroxylation is 2. The Labute approximate surface area is 121 Å². The standard InChI is InChI=1S/C15H26N4O/c1-5-19-13(12(16)11(2)17-19)14(20)18-9-6-7-15(3,4)8-10-18/h5-10,16H2,1-4H3. The van der Waals surface area contributed by atoms with Gasteiger partial charge in [-0.15, -0.1) is 0 Å². The molecule has 2 N–H and O–H groups in total. The topological polar surface area (TPSA) is 64.2 Å². The number of aromatic nitrogens is 2. The maximum Gasteiger partial charge on any atom is 0.274 e. The molecule has 20 heavy (non-hydrogen) atoms. The highest BCUT2D eigenvalue weighted by molar-refractivity contribution is 5.98. The quantitative estimate of drug-likeness (QED) is 0.903. The third-order valence-corrected chi connectivity index (χ3v) is 4.30. The van der Waals surface area contributed by atoms with Gasteiger partial charge in [0.2, 0.25) is 0 Å². The van der Waals surface area contributed by atoms with Crippen molar-refractivity contribution in [2.45, 2.75) is 53.5 Å². The Morgan fingerprint density at radius 3 is 2.70 bits per heavy atom. The second kappa shape index (κ2) is 5.46. The molecular weight excluding hydrogens is 252 g/mol. The molecule has 0 unspecified atom stereocenters. The van der Waals surface area contributed by atoms with Crippen molar-refractivity contribution in [1.29, 1.82) is 0 Å². The number of hydrogen-bond acceptors (Lipinski definition) is 3. The van der Waals surface area contributed by atoms with Gasteiger partial charge in [-0.25, -0.2) is 0 Å². The van der Waals surface area contributed by atoms with E-state index in [-0.39, 0.29) is 5.91 Å². The highest BCUT2D eigenvalue weighted by Gasteiger charge is 2.29. The summed E-state index contributed by atoms with van der Waals surface area (Å²) >= 11 is 0. The largest absolute Gasteiger partial charge is 0.395 e. The molecule has 0 aromatic carbocycles. The first kappa shape index (κ1) is 14.9. The van der Waals surface area contributed by atoms with Gasteiger partial charge in [-0.3, -0.25) is 9.48 Å². The minimum absolute atomic E-state index is 0.0302. The van der Waals surface area contributed by atoms with Crippen LogP contribution >= 0.6 is 0 Å². The summed E-state index contributed by atoms with van der Waals surface area (Å²) in [6.45, 7) is 10.7. The molecule has 0 radical (unpaired) electrons.